The summed E-state index contributed by atoms with van der Waals surface area (Å²) in [7, 11) is 2.12. The van der Waals surface area contributed by atoms with E-state index in [1.165, 1.54) is 18.2 Å². The van der Waals surface area contributed by atoms with Crippen molar-refractivity contribution in [3.8, 4) is 0 Å². The van der Waals surface area contributed by atoms with E-state index in [4.69, 9.17) is 9.97 Å². The van der Waals surface area contributed by atoms with Gasteiger partial charge in [-0.05, 0) is 37.2 Å². The lowest BCUT2D eigenvalue weighted by Crippen LogP contribution is -2.47. The zero-order chi connectivity index (χ0) is 27.8. The summed E-state index contributed by atoms with van der Waals surface area (Å²) < 4.78 is 26.9. The molecule has 10 nitrogen and oxygen atoms in total. The highest BCUT2D eigenvalue weighted by Gasteiger charge is 2.25. The number of piperazine rings is 2. The van der Waals surface area contributed by atoms with E-state index in [0.29, 0.717) is 24.3 Å². The Morgan fingerprint density at radius 1 is 0.925 bits per heavy atom. The molecule has 2 aliphatic rings. The summed E-state index contributed by atoms with van der Waals surface area (Å²) >= 11 is 0. The number of likely N-dealkylation sites (N-methyl/N-ethyl adjacent to an activating group) is 1. The molecule has 40 heavy (non-hydrogen) atoms. The van der Waals surface area contributed by atoms with Gasteiger partial charge in [-0.15, -0.1) is 0 Å². The van der Waals surface area contributed by atoms with Crippen LogP contribution in [-0.4, -0.2) is 101 Å². The van der Waals surface area contributed by atoms with Crippen LogP contribution in [0, 0.1) is 21.7 Å². The van der Waals surface area contributed by atoms with Crippen molar-refractivity contribution in [2.24, 2.45) is 0 Å². The highest BCUT2D eigenvalue weighted by Crippen LogP contribution is 2.33. The van der Waals surface area contributed by atoms with Crippen LogP contribution in [0.1, 0.15) is 11.4 Å². The molecule has 4 aromatic rings. The van der Waals surface area contributed by atoms with Gasteiger partial charge in [-0.1, -0.05) is 6.07 Å². The Balaban J connectivity index is 1.25. The van der Waals surface area contributed by atoms with Gasteiger partial charge in [0.05, 0.1) is 11.5 Å². The molecule has 0 bridgehead atoms. The van der Waals surface area contributed by atoms with Gasteiger partial charge < -0.3 is 14.8 Å². The molecule has 4 heterocycles. The van der Waals surface area contributed by atoms with Crippen molar-refractivity contribution in [3.63, 3.8) is 0 Å². The lowest BCUT2D eigenvalue weighted by molar-refractivity contribution is -0.384. The smallest absolute Gasteiger partial charge is 0.270 e. The largest absolute Gasteiger partial charge is 0.352 e. The van der Waals surface area contributed by atoms with Crippen molar-refractivity contribution in [2.75, 3.05) is 70.9 Å². The summed E-state index contributed by atoms with van der Waals surface area (Å²) in [6.45, 7) is 8.30. The van der Waals surface area contributed by atoms with E-state index >= 15 is 0 Å². The van der Waals surface area contributed by atoms with Crippen molar-refractivity contribution in [3.05, 3.63) is 69.5 Å². The SMILES string of the molecule is CN1CCN(Cc2nc(N3CCN(CCc4ccc(F)c(F)c4)CC3)c3[nH]c4ccc([N+](=O)[O-])cc4c3n2)CC1. The normalized spacial score (nSPS) is 17.7. The molecule has 2 saturated heterocycles. The fraction of sp³-hybridized carbons (Fsp3) is 0.429. The van der Waals surface area contributed by atoms with Crippen LogP contribution in [-0.2, 0) is 13.0 Å². The fourth-order valence-electron chi connectivity index (χ4n) is 5.56. The van der Waals surface area contributed by atoms with Crippen LogP contribution in [0.3, 0.4) is 0 Å². The van der Waals surface area contributed by atoms with E-state index in [0.717, 1.165) is 86.7 Å². The average molecular weight is 551 g/mol. The van der Waals surface area contributed by atoms with E-state index in [-0.39, 0.29) is 10.6 Å². The number of aromatic nitrogens is 3. The maximum Gasteiger partial charge on any atom is 0.270 e. The van der Waals surface area contributed by atoms with Crippen LogP contribution in [0.4, 0.5) is 20.3 Å². The predicted octanol–water partition coefficient (Wildman–Crippen LogP) is 3.41. The molecule has 2 aliphatic heterocycles. The number of nitro benzene ring substituents is 1. The minimum absolute atomic E-state index is 0.0313. The fourth-order valence-corrected chi connectivity index (χ4v) is 5.56. The highest BCUT2D eigenvalue weighted by molar-refractivity contribution is 6.09. The average Bonchev–Trinajstić information content (AvgIpc) is 3.33. The molecular formula is C28H32F2N8O2. The molecule has 0 radical (unpaired) electrons. The summed E-state index contributed by atoms with van der Waals surface area (Å²) in [5, 5.41) is 12.2. The third-order valence-corrected chi connectivity index (χ3v) is 8.00. The van der Waals surface area contributed by atoms with Crippen LogP contribution in [0.2, 0.25) is 0 Å². The molecule has 210 valence electrons. The molecule has 0 saturated carbocycles. The first-order valence-corrected chi connectivity index (χ1v) is 13.6. The van der Waals surface area contributed by atoms with Gasteiger partial charge in [0, 0.05) is 81.9 Å². The van der Waals surface area contributed by atoms with Crippen LogP contribution in [0.25, 0.3) is 21.9 Å². The number of benzene rings is 2. The summed E-state index contributed by atoms with van der Waals surface area (Å²) in [6, 6.07) is 8.90. The monoisotopic (exact) mass is 550 g/mol. The molecule has 0 aliphatic carbocycles. The van der Waals surface area contributed by atoms with E-state index in [1.807, 2.05) is 0 Å². The van der Waals surface area contributed by atoms with Gasteiger partial charge in [0.2, 0.25) is 0 Å². The first-order valence-electron chi connectivity index (χ1n) is 13.6. The zero-order valence-corrected chi connectivity index (χ0v) is 22.4. The third kappa shape index (κ3) is 5.47. The summed E-state index contributed by atoms with van der Waals surface area (Å²) in [4.78, 5) is 33.7. The van der Waals surface area contributed by atoms with Gasteiger partial charge in [0.1, 0.15) is 16.9 Å². The number of nitrogens with zero attached hydrogens (tertiary/aromatic N) is 7. The first-order chi connectivity index (χ1) is 19.3. The Bertz CT molecular complexity index is 1540. The number of anilines is 1. The van der Waals surface area contributed by atoms with Crippen molar-refractivity contribution >= 4 is 33.4 Å². The second kappa shape index (κ2) is 11.0. The number of nitro groups is 1. The third-order valence-electron chi connectivity index (χ3n) is 8.00. The summed E-state index contributed by atoms with van der Waals surface area (Å²) in [6.07, 6.45) is 0.644. The second-order valence-corrected chi connectivity index (χ2v) is 10.7. The zero-order valence-electron chi connectivity index (χ0n) is 22.4. The number of H-pyrrole nitrogens is 1. The minimum Gasteiger partial charge on any atom is -0.352 e. The molecule has 2 aromatic carbocycles. The van der Waals surface area contributed by atoms with E-state index in [9.17, 15) is 18.9 Å². The highest BCUT2D eigenvalue weighted by atomic mass is 19.2. The van der Waals surface area contributed by atoms with Gasteiger partial charge in [0.25, 0.3) is 5.69 Å². The van der Waals surface area contributed by atoms with Crippen LogP contribution in [0.15, 0.2) is 36.4 Å². The second-order valence-electron chi connectivity index (χ2n) is 10.7. The Labute approximate surface area is 230 Å². The van der Waals surface area contributed by atoms with Gasteiger partial charge in [-0.2, -0.15) is 0 Å². The maximum absolute atomic E-state index is 13.6. The Hall–Kier alpha value is -3.74. The molecule has 1 N–H and O–H groups in total. The molecule has 0 amide bonds. The van der Waals surface area contributed by atoms with E-state index in [2.05, 4.69) is 31.6 Å². The molecule has 0 atom stereocenters. The quantitative estimate of drug-likeness (QED) is 0.276. The van der Waals surface area contributed by atoms with E-state index in [1.54, 1.807) is 18.2 Å². The standard InChI is InChI=1S/C28H32F2N8O2/c1-34-8-10-36(11-9-34)18-25-32-26-21-17-20(38(39)40)3-5-24(21)31-27(26)28(33-25)37-14-12-35(13-15-37)7-6-19-2-4-22(29)23(30)16-19/h2-5,16-17,31H,6-15,18H2,1H3. The Morgan fingerprint density at radius 3 is 2.40 bits per heavy atom. The Morgan fingerprint density at radius 2 is 1.68 bits per heavy atom. The van der Waals surface area contributed by atoms with Gasteiger partial charge >= 0.3 is 0 Å². The van der Waals surface area contributed by atoms with Gasteiger partial charge in [0.15, 0.2) is 17.5 Å². The van der Waals surface area contributed by atoms with Crippen LogP contribution in [0.5, 0.6) is 0 Å². The molecule has 2 fully saturated rings. The number of nitrogens with one attached hydrogen (secondary N) is 1. The molecule has 2 aromatic heterocycles. The van der Waals surface area contributed by atoms with Crippen LogP contribution >= 0.6 is 0 Å². The lowest BCUT2D eigenvalue weighted by atomic mass is 10.1. The van der Waals surface area contributed by atoms with Gasteiger partial charge in [-0.3, -0.25) is 19.9 Å². The number of hydrogen-bond acceptors (Lipinski definition) is 8. The number of fused-ring (bicyclic) bond motifs is 3. The van der Waals surface area contributed by atoms with Crippen molar-refractivity contribution < 1.29 is 13.7 Å². The maximum atomic E-state index is 13.6. The summed E-state index contributed by atoms with van der Waals surface area (Å²) in [5.41, 5.74) is 3.09. The minimum atomic E-state index is -0.827. The first kappa shape index (κ1) is 26.5. The lowest BCUT2D eigenvalue weighted by Gasteiger charge is -2.36. The number of hydrogen-bond donors (Lipinski definition) is 1. The Kier molecular flexibility index (Phi) is 7.30. The summed E-state index contributed by atoms with van der Waals surface area (Å²) in [5.74, 6) is -0.119. The molecule has 0 unspecified atom stereocenters. The molecule has 6 rings (SSSR count). The predicted molar refractivity (Wildman–Crippen MR) is 150 cm³/mol. The van der Waals surface area contributed by atoms with Crippen molar-refractivity contribution in [1.29, 1.82) is 0 Å². The molecule has 0 spiro atoms. The van der Waals surface area contributed by atoms with Crippen molar-refractivity contribution in [2.45, 2.75) is 13.0 Å². The topological polar surface area (TPSA) is 97.7 Å². The van der Waals surface area contributed by atoms with Gasteiger partial charge in [-0.25, -0.2) is 18.7 Å². The number of aromatic amines is 1. The number of halogens is 2. The molecule has 12 heteroatoms. The van der Waals surface area contributed by atoms with Crippen LogP contribution < -0.4 is 4.90 Å². The molecular weight excluding hydrogens is 518 g/mol. The van der Waals surface area contributed by atoms with E-state index < -0.39 is 11.6 Å². The number of rotatable bonds is 7. The van der Waals surface area contributed by atoms with Crippen molar-refractivity contribution in [1.82, 2.24) is 29.7 Å². The number of non-ortho nitro benzene ring substituents is 1.